The molecule has 2 N–H and O–H groups in total. The number of imidazole rings is 1. The first kappa shape index (κ1) is 11.4. The third kappa shape index (κ3) is 3.21. The zero-order chi connectivity index (χ0) is 8.10. The van der Waals surface area contributed by atoms with Crippen molar-refractivity contribution in [3.8, 4) is 0 Å². The van der Waals surface area contributed by atoms with E-state index in [1.807, 2.05) is 10.8 Å². The number of ether oxygens (including phenoxy) is 1. The molecule has 0 saturated carbocycles. The summed E-state index contributed by atoms with van der Waals surface area (Å²) in [6.07, 6.45) is 3.69. The molecule has 1 aromatic rings. The summed E-state index contributed by atoms with van der Waals surface area (Å²) in [5, 5.41) is 0. The second kappa shape index (κ2) is 5.99. The Morgan fingerprint density at radius 2 is 2.42 bits per heavy atom. The topological polar surface area (TPSA) is 53.1 Å². The van der Waals surface area contributed by atoms with Crippen molar-refractivity contribution in [2.24, 2.45) is 5.73 Å². The third-order valence-electron chi connectivity index (χ3n) is 1.45. The van der Waals surface area contributed by atoms with Gasteiger partial charge in [0.05, 0.1) is 18.6 Å². The van der Waals surface area contributed by atoms with E-state index in [1.165, 1.54) is 0 Å². The smallest absolute Gasteiger partial charge is 0.0950 e. The van der Waals surface area contributed by atoms with Crippen molar-refractivity contribution < 1.29 is 4.74 Å². The van der Waals surface area contributed by atoms with Crippen molar-refractivity contribution in [3.05, 3.63) is 18.2 Å². The Hall–Kier alpha value is -0.580. The van der Waals surface area contributed by atoms with Gasteiger partial charge in [-0.15, -0.1) is 12.4 Å². The molecule has 0 fully saturated rings. The van der Waals surface area contributed by atoms with Crippen molar-refractivity contribution in [2.45, 2.75) is 13.1 Å². The first-order chi connectivity index (χ1) is 5.36. The Kier molecular flexibility index (Phi) is 5.70. The normalized spacial score (nSPS) is 9.50. The Morgan fingerprint density at radius 3 is 2.92 bits per heavy atom. The lowest BCUT2D eigenvalue weighted by molar-refractivity contribution is 0.187. The molecule has 0 saturated heterocycles. The van der Waals surface area contributed by atoms with Gasteiger partial charge in [-0.05, 0) is 0 Å². The molecule has 0 amide bonds. The third-order valence-corrected chi connectivity index (χ3v) is 1.45. The average Bonchev–Trinajstić information content (AvgIpc) is 2.48. The number of aromatic nitrogens is 2. The highest BCUT2D eigenvalue weighted by molar-refractivity contribution is 5.85. The SMILES string of the molecule is COCCn1cnc(CN)c1.Cl. The Bertz CT molecular complexity index is 214. The van der Waals surface area contributed by atoms with Gasteiger partial charge < -0.3 is 15.0 Å². The Morgan fingerprint density at radius 1 is 1.67 bits per heavy atom. The fourth-order valence-electron chi connectivity index (χ4n) is 0.831. The van der Waals surface area contributed by atoms with E-state index in [9.17, 15) is 0 Å². The monoisotopic (exact) mass is 191 g/mol. The van der Waals surface area contributed by atoms with E-state index >= 15 is 0 Å². The summed E-state index contributed by atoms with van der Waals surface area (Å²) in [6.45, 7) is 2.05. The van der Waals surface area contributed by atoms with Crippen LogP contribution in [0.3, 0.4) is 0 Å². The molecular weight excluding hydrogens is 178 g/mol. The van der Waals surface area contributed by atoms with Crippen molar-refractivity contribution in [3.63, 3.8) is 0 Å². The van der Waals surface area contributed by atoms with Crippen LogP contribution in [0.1, 0.15) is 5.69 Å². The number of rotatable bonds is 4. The molecule has 4 nitrogen and oxygen atoms in total. The molecule has 0 aliphatic heterocycles. The van der Waals surface area contributed by atoms with Crippen LogP contribution in [0.2, 0.25) is 0 Å². The van der Waals surface area contributed by atoms with Crippen LogP contribution in [0.5, 0.6) is 0 Å². The van der Waals surface area contributed by atoms with E-state index in [0.717, 1.165) is 12.2 Å². The van der Waals surface area contributed by atoms with Gasteiger partial charge in [0.15, 0.2) is 0 Å². The van der Waals surface area contributed by atoms with Crippen LogP contribution >= 0.6 is 12.4 Å². The standard InChI is InChI=1S/C7H13N3O.ClH/c1-11-3-2-10-5-7(4-8)9-6-10;/h5-6H,2-4,8H2,1H3;1H. The minimum Gasteiger partial charge on any atom is -0.383 e. The zero-order valence-corrected chi connectivity index (χ0v) is 7.88. The highest BCUT2D eigenvalue weighted by Gasteiger charge is 1.94. The number of methoxy groups -OCH3 is 1. The molecule has 1 heterocycles. The molecule has 1 rings (SSSR count). The molecule has 70 valence electrons. The predicted molar refractivity (Wildman–Crippen MR) is 49.2 cm³/mol. The molecule has 0 bridgehead atoms. The quantitative estimate of drug-likeness (QED) is 0.750. The fourth-order valence-corrected chi connectivity index (χ4v) is 0.831. The maximum absolute atomic E-state index is 5.38. The zero-order valence-electron chi connectivity index (χ0n) is 7.06. The minimum atomic E-state index is 0. The summed E-state index contributed by atoms with van der Waals surface area (Å²) in [4.78, 5) is 4.07. The summed E-state index contributed by atoms with van der Waals surface area (Å²) in [6, 6.07) is 0. The Labute approximate surface area is 78.1 Å². The lowest BCUT2D eigenvalue weighted by atomic mass is 10.5. The van der Waals surface area contributed by atoms with E-state index in [1.54, 1.807) is 13.4 Å². The van der Waals surface area contributed by atoms with Gasteiger partial charge in [0.1, 0.15) is 0 Å². The van der Waals surface area contributed by atoms with Crippen LogP contribution in [-0.2, 0) is 17.8 Å². The van der Waals surface area contributed by atoms with Gasteiger partial charge in [0.25, 0.3) is 0 Å². The molecule has 0 aliphatic carbocycles. The van der Waals surface area contributed by atoms with Crippen LogP contribution in [0.4, 0.5) is 0 Å². The van der Waals surface area contributed by atoms with Gasteiger partial charge in [0.2, 0.25) is 0 Å². The highest BCUT2D eigenvalue weighted by atomic mass is 35.5. The summed E-state index contributed by atoms with van der Waals surface area (Å²) in [7, 11) is 1.68. The molecule has 0 aromatic carbocycles. The minimum absolute atomic E-state index is 0. The number of nitrogens with zero attached hydrogens (tertiary/aromatic N) is 2. The second-order valence-electron chi connectivity index (χ2n) is 2.30. The van der Waals surface area contributed by atoms with Gasteiger partial charge in [-0.25, -0.2) is 4.98 Å². The molecule has 5 heteroatoms. The van der Waals surface area contributed by atoms with Gasteiger partial charge in [-0.2, -0.15) is 0 Å². The molecule has 0 unspecified atom stereocenters. The van der Waals surface area contributed by atoms with E-state index in [-0.39, 0.29) is 12.4 Å². The van der Waals surface area contributed by atoms with E-state index < -0.39 is 0 Å². The van der Waals surface area contributed by atoms with Gasteiger partial charge in [0, 0.05) is 26.4 Å². The molecule has 1 aromatic heterocycles. The summed E-state index contributed by atoms with van der Waals surface area (Å²) in [5.41, 5.74) is 6.30. The number of hydrogen-bond donors (Lipinski definition) is 1. The van der Waals surface area contributed by atoms with E-state index in [0.29, 0.717) is 13.2 Å². The number of halogens is 1. The average molecular weight is 192 g/mol. The summed E-state index contributed by atoms with van der Waals surface area (Å²) >= 11 is 0. The Balaban J connectivity index is 0.00000121. The van der Waals surface area contributed by atoms with Crippen molar-refractivity contribution >= 4 is 12.4 Å². The lowest BCUT2D eigenvalue weighted by Gasteiger charge is -1.98. The predicted octanol–water partition coefficient (Wildman–Crippen LogP) is 0.410. The van der Waals surface area contributed by atoms with Crippen LogP contribution in [0, 0.1) is 0 Å². The molecule has 0 aliphatic rings. The second-order valence-corrected chi connectivity index (χ2v) is 2.30. The van der Waals surface area contributed by atoms with Gasteiger partial charge in [-0.3, -0.25) is 0 Å². The first-order valence-electron chi connectivity index (χ1n) is 3.56. The molecule has 0 radical (unpaired) electrons. The van der Waals surface area contributed by atoms with Crippen LogP contribution < -0.4 is 5.73 Å². The largest absolute Gasteiger partial charge is 0.383 e. The number of nitrogens with two attached hydrogens (primary N) is 1. The van der Waals surface area contributed by atoms with Crippen molar-refractivity contribution in [1.29, 1.82) is 0 Å². The maximum Gasteiger partial charge on any atom is 0.0950 e. The molecule has 0 atom stereocenters. The highest BCUT2D eigenvalue weighted by Crippen LogP contribution is 1.93. The van der Waals surface area contributed by atoms with E-state index in [4.69, 9.17) is 10.5 Å². The summed E-state index contributed by atoms with van der Waals surface area (Å²) in [5.74, 6) is 0. The van der Waals surface area contributed by atoms with Gasteiger partial charge in [-0.1, -0.05) is 0 Å². The fraction of sp³-hybridized carbons (Fsp3) is 0.571. The first-order valence-corrected chi connectivity index (χ1v) is 3.56. The molecule has 12 heavy (non-hydrogen) atoms. The summed E-state index contributed by atoms with van der Waals surface area (Å²) < 4.78 is 6.87. The van der Waals surface area contributed by atoms with E-state index in [2.05, 4.69) is 4.98 Å². The van der Waals surface area contributed by atoms with Crippen LogP contribution in [0.15, 0.2) is 12.5 Å². The van der Waals surface area contributed by atoms with Crippen LogP contribution in [-0.4, -0.2) is 23.3 Å². The van der Waals surface area contributed by atoms with Crippen molar-refractivity contribution in [2.75, 3.05) is 13.7 Å². The molecular formula is C7H14ClN3O. The lowest BCUT2D eigenvalue weighted by Crippen LogP contribution is -2.01. The van der Waals surface area contributed by atoms with Crippen molar-refractivity contribution in [1.82, 2.24) is 9.55 Å². The maximum atomic E-state index is 5.38. The number of hydrogen-bond acceptors (Lipinski definition) is 3. The van der Waals surface area contributed by atoms with Crippen LogP contribution in [0.25, 0.3) is 0 Å². The van der Waals surface area contributed by atoms with Gasteiger partial charge >= 0.3 is 0 Å². The molecule has 0 spiro atoms.